The van der Waals surface area contributed by atoms with Crippen LogP contribution in [-0.2, 0) is 9.47 Å². The van der Waals surface area contributed by atoms with Gasteiger partial charge in [0, 0.05) is 25.9 Å². The Morgan fingerprint density at radius 1 is 1.21 bits per heavy atom. The third kappa shape index (κ3) is 2.84. The molecule has 0 aromatic heterocycles. The van der Waals surface area contributed by atoms with E-state index in [9.17, 15) is 0 Å². The van der Waals surface area contributed by atoms with Crippen molar-refractivity contribution in [1.29, 1.82) is 0 Å². The van der Waals surface area contributed by atoms with Crippen molar-refractivity contribution in [3.8, 4) is 0 Å². The molecule has 2 rings (SSSR count). The van der Waals surface area contributed by atoms with Crippen LogP contribution in [0.4, 0.5) is 0 Å². The van der Waals surface area contributed by atoms with Gasteiger partial charge in [0.1, 0.15) is 4.32 Å². The van der Waals surface area contributed by atoms with Crippen molar-refractivity contribution in [3.63, 3.8) is 0 Å². The van der Waals surface area contributed by atoms with E-state index in [1.807, 2.05) is 0 Å². The second-order valence-electron chi connectivity index (χ2n) is 3.38. The van der Waals surface area contributed by atoms with Gasteiger partial charge in [-0.3, -0.25) is 0 Å². The summed E-state index contributed by atoms with van der Waals surface area (Å²) >= 11 is 9.13. The summed E-state index contributed by atoms with van der Waals surface area (Å²) in [5.74, 6) is -0.297. The quantitative estimate of drug-likeness (QED) is 0.377. The second kappa shape index (κ2) is 5.48. The molecular formula is C8H14NNaO2S2. The third-order valence-corrected chi connectivity index (χ3v) is 3.15. The van der Waals surface area contributed by atoms with Crippen LogP contribution in [0.15, 0.2) is 0 Å². The summed E-state index contributed by atoms with van der Waals surface area (Å²) in [5.41, 5.74) is 0. The zero-order valence-corrected chi connectivity index (χ0v) is 9.07. The van der Waals surface area contributed by atoms with Gasteiger partial charge in [-0.15, -0.1) is 12.6 Å². The molecule has 0 aromatic carbocycles. The number of thiol groups is 1. The van der Waals surface area contributed by atoms with Crippen molar-refractivity contribution in [3.05, 3.63) is 0 Å². The van der Waals surface area contributed by atoms with Crippen LogP contribution in [-0.4, -0.2) is 70.9 Å². The van der Waals surface area contributed by atoms with E-state index in [0.717, 1.165) is 39.1 Å². The van der Waals surface area contributed by atoms with Crippen LogP contribution in [0.1, 0.15) is 12.8 Å². The summed E-state index contributed by atoms with van der Waals surface area (Å²) < 4.78 is 11.9. The minimum absolute atomic E-state index is 0. The van der Waals surface area contributed by atoms with Gasteiger partial charge in [-0.2, -0.15) is 0 Å². The number of nitrogens with zero attached hydrogens (tertiary/aromatic N) is 1. The van der Waals surface area contributed by atoms with Gasteiger partial charge < -0.3 is 14.4 Å². The number of piperidine rings is 1. The van der Waals surface area contributed by atoms with Crippen molar-refractivity contribution < 1.29 is 9.47 Å². The number of likely N-dealkylation sites (tertiary alicyclic amines) is 1. The SMILES string of the molecule is S=C(S)N1CCC2(CC1)OCCO2.[NaH]. The molecule has 0 aliphatic carbocycles. The van der Waals surface area contributed by atoms with Crippen LogP contribution in [0.5, 0.6) is 0 Å². The first-order valence-electron chi connectivity index (χ1n) is 4.48. The number of ether oxygens (including phenoxy) is 2. The van der Waals surface area contributed by atoms with Crippen LogP contribution >= 0.6 is 24.8 Å². The summed E-state index contributed by atoms with van der Waals surface area (Å²) in [7, 11) is 0. The van der Waals surface area contributed by atoms with Crippen LogP contribution in [0, 0.1) is 0 Å². The monoisotopic (exact) mass is 243 g/mol. The predicted octanol–water partition coefficient (Wildman–Crippen LogP) is 0.391. The van der Waals surface area contributed by atoms with E-state index in [1.165, 1.54) is 0 Å². The molecule has 2 aliphatic heterocycles. The Morgan fingerprint density at radius 2 is 1.71 bits per heavy atom. The Kier molecular flexibility index (Phi) is 5.17. The number of hydrogen-bond acceptors (Lipinski definition) is 3. The van der Waals surface area contributed by atoms with E-state index in [2.05, 4.69) is 17.5 Å². The van der Waals surface area contributed by atoms with E-state index in [-0.39, 0.29) is 35.3 Å². The van der Waals surface area contributed by atoms with Crippen molar-refractivity contribution in [2.24, 2.45) is 0 Å². The molecule has 76 valence electrons. The zero-order valence-electron chi connectivity index (χ0n) is 7.36. The first-order valence-corrected chi connectivity index (χ1v) is 5.33. The van der Waals surface area contributed by atoms with Crippen LogP contribution < -0.4 is 0 Å². The molecule has 2 heterocycles. The Morgan fingerprint density at radius 3 is 2.14 bits per heavy atom. The van der Waals surface area contributed by atoms with Gasteiger partial charge in [0.2, 0.25) is 0 Å². The van der Waals surface area contributed by atoms with Gasteiger partial charge in [0.25, 0.3) is 0 Å². The van der Waals surface area contributed by atoms with Gasteiger partial charge in [-0.1, -0.05) is 12.2 Å². The van der Waals surface area contributed by atoms with E-state index in [1.54, 1.807) is 0 Å². The van der Waals surface area contributed by atoms with E-state index < -0.39 is 0 Å². The molecule has 0 atom stereocenters. The summed E-state index contributed by atoms with van der Waals surface area (Å²) in [4.78, 5) is 2.08. The number of hydrogen-bond donors (Lipinski definition) is 1. The van der Waals surface area contributed by atoms with Crippen LogP contribution in [0.3, 0.4) is 0 Å². The van der Waals surface area contributed by atoms with Gasteiger partial charge in [0.05, 0.1) is 13.2 Å². The van der Waals surface area contributed by atoms with Gasteiger partial charge >= 0.3 is 29.6 Å². The molecule has 0 unspecified atom stereocenters. The fourth-order valence-electron chi connectivity index (χ4n) is 1.82. The Balaban J connectivity index is 0.000000980. The summed E-state index contributed by atoms with van der Waals surface area (Å²) in [6, 6.07) is 0. The maximum atomic E-state index is 5.59. The normalized spacial score (nSPS) is 24.8. The Labute approximate surface area is 117 Å². The first-order chi connectivity index (χ1) is 6.22. The molecule has 3 nitrogen and oxygen atoms in total. The molecule has 2 fully saturated rings. The molecule has 6 heteroatoms. The van der Waals surface area contributed by atoms with Crippen LogP contribution in [0.2, 0.25) is 0 Å². The molecule has 0 radical (unpaired) electrons. The standard InChI is InChI=1S/C8H13NO2S2.Na.H/c12-7(13)9-3-1-8(2-4-9)10-5-6-11-8;;/h1-6H2,(H,12,13);;. The second-order valence-corrected chi connectivity index (χ2v) is 4.49. The minimum atomic E-state index is -0.297. The number of rotatable bonds is 0. The van der Waals surface area contributed by atoms with Crippen molar-refractivity contribution >= 4 is 58.7 Å². The summed E-state index contributed by atoms with van der Waals surface area (Å²) in [5, 5.41) is 0. The van der Waals surface area contributed by atoms with Crippen molar-refractivity contribution in [2.75, 3.05) is 26.3 Å². The average Bonchev–Trinajstić information content (AvgIpc) is 2.54. The van der Waals surface area contributed by atoms with Gasteiger partial charge in [-0.05, 0) is 0 Å². The van der Waals surface area contributed by atoms with Gasteiger partial charge in [0.15, 0.2) is 5.79 Å². The first kappa shape index (κ1) is 13.2. The molecule has 0 amide bonds. The Bertz CT molecular complexity index is 211. The van der Waals surface area contributed by atoms with Gasteiger partial charge in [-0.25, -0.2) is 0 Å². The van der Waals surface area contributed by atoms with E-state index in [0.29, 0.717) is 4.32 Å². The van der Waals surface area contributed by atoms with E-state index in [4.69, 9.17) is 21.7 Å². The average molecular weight is 243 g/mol. The molecular weight excluding hydrogens is 229 g/mol. The molecule has 0 aromatic rings. The zero-order chi connectivity index (χ0) is 9.31. The van der Waals surface area contributed by atoms with Crippen molar-refractivity contribution in [2.45, 2.75) is 18.6 Å². The fourth-order valence-corrected chi connectivity index (χ4v) is 2.21. The topological polar surface area (TPSA) is 21.7 Å². The fraction of sp³-hybridized carbons (Fsp3) is 0.875. The summed E-state index contributed by atoms with van der Waals surface area (Å²) in [6.07, 6.45) is 1.79. The predicted molar refractivity (Wildman–Crippen MR) is 64.2 cm³/mol. The van der Waals surface area contributed by atoms with Crippen molar-refractivity contribution in [1.82, 2.24) is 4.90 Å². The molecule has 2 saturated heterocycles. The molecule has 14 heavy (non-hydrogen) atoms. The molecule has 2 aliphatic rings. The molecule has 0 N–H and O–H groups in total. The molecule has 1 spiro atoms. The summed E-state index contributed by atoms with van der Waals surface area (Å²) in [6.45, 7) is 3.24. The van der Waals surface area contributed by atoms with E-state index >= 15 is 0 Å². The maximum absolute atomic E-state index is 5.59. The number of thiocarbonyl (C=S) groups is 1. The Hall–Kier alpha value is 1.16. The molecule has 0 saturated carbocycles. The third-order valence-electron chi connectivity index (χ3n) is 2.61. The van der Waals surface area contributed by atoms with Crippen LogP contribution in [0.25, 0.3) is 0 Å². The molecule has 0 bridgehead atoms.